The van der Waals surface area contributed by atoms with E-state index in [1.807, 2.05) is 54.1 Å². The third-order valence-corrected chi connectivity index (χ3v) is 8.12. The van der Waals surface area contributed by atoms with Crippen LogP contribution < -0.4 is 20.7 Å². The maximum Gasteiger partial charge on any atom is 0.266 e. The molecule has 3 heterocycles. The number of benzene rings is 2. The molecule has 2 amide bonds. The summed E-state index contributed by atoms with van der Waals surface area (Å²) in [6.45, 7) is 9.58. The second-order valence-corrected chi connectivity index (χ2v) is 11.7. The van der Waals surface area contributed by atoms with Crippen molar-refractivity contribution in [3.8, 4) is 16.9 Å². The highest BCUT2D eigenvalue weighted by Crippen LogP contribution is 2.30. The molecule has 0 bridgehead atoms. The first-order valence-corrected chi connectivity index (χ1v) is 14.9. The van der Waals surface area contributed by atoms with E-state index < -0.39 is 5.60 Å². The Kier molecular flexibility index (Phi) is 9.44. The first-order chi connectivity index (χ1) is 20.3. The summed E-state index contributed by atoms with van der Waals surface area (Å²) in [5.41, 5.74) is 9.13. The first kappa shape index (κ1) is 29.6. The number of anilines is 1. The van der Waals surface area contributed by atoms with Gasteiger partial charge in [-0.2, -0.15) is 5.10 Å². The highest BCUT2D eigenvalue weighted by Gasteiger charge is 2.35. The fourth-order valence-electron chi connectivity index (χ4n) is 5.86. The van der Waals surface area contributed by atoms with Crippen LogP contribution in [0.5, 0.6) is 5.75 Å². The topological polar surface area (TPSA) is 120 Å². The van der Waals surface area contributed by atoms with Gasteiger partial charge in [-0.05, 0) is 49.9 Å². The van der Waals surface area contributed by atoms with Gasteiger partial charge in [-0.25, -0.2) is 0 Å². The summed E-state index contributed by atoms with van der Waals surface area (Å²) in [6.07, 6.45) is 5.43. The Hall–Kier alpha value is -3.89. The Labute approximate surface area is 248 Å². The number of nitrogens with one attached hydrogen (secondary N) is 2. The summed E-state index contributed by atoms with van der Waals surface area (Å²) in [7, 11) is 0. The fourth-order valence-corrected chi connectivity index (χ4v) is 5.86. The van der Waals surface area contributed by atoms with Crippen LogP contribution in [0.25, 0.3) is 11.1 Å². The molecule has 10 nitrogen and oxygen atoms in total. The number of aromatic nitrogens is 2. The SMILES string of the molecule is CC(C)(Oc1cccc(N2CCCC(C(=O)N(CCN)Cc3ccc(-c4cn[nH]c4)cc3)C2)c1)C(=O)N1CCNCC1. The molecule has 10 heteroatoms. The third kappa shape index (κ3) is 7.11. The quantitative estimate of drug-likeness (QED) is 0.341. The highest BCUT2D eigenvalue weighted by molar-refractivity contribution is 5.85. The van der Waals surface area contributed by atoms with Crippen molar-refractivity contribution in [2.45, 2.75) is 38.8 Å². The van der Waals surface area contributed by atoms with Crippen molar-refractivity contribution in [3.63, 3.8) is 0 Å². The van der Waals surface area contributed by atoms with E-state index in [2.05, 4.69) is 44.7 Å². The van der Waals surface area contributed by atoms with Crippen molar-refractivity contribution >= 4 is 17.5 Å². The van der Waals surface area contributed by atoms with E-state index in [4.69, 9.17) is 10.5 Å². The van der Waals surface area contributed by atoms with Crippen molar-refractivity contribution in [1.29, 1.82) is 0 Å². The lowest BCUT2D eigenvalue weighted by molar-refractivity contribution is -0.146. The molecule has 42 heavy (non-hydrogen) atoms. The third-order valence-electron chi connectivity index (χ3n) is 8.12. The van der Waals surface area contributed by atoms with Crippen LogP contribution in [-0.4, -0.2) is 89.8 Å². The Morgan fingerprint density at radius 1 is 1.10 bits per heavy atom. The van der Waals surface area contributed by atoms with Crippen molar-refractivity contribution in [1.82, 2.24) is 25.3 Å². The molecule has 1 aromatic heterocycles. The second kappa shape index (κ2) is 13.4. The van der Waals surface area contributed by atoms with Crippen molar-refractivity contribution in [3.05, 3.63) is 66.5 Å². The van der Waals surface area contributed by atoms with Crippen molar-refractivity contribution < 1.29 is 14.3 Å². The molecule has 1 unspecified atom stereocenters. The number of hydrogen-bond acceptors (Lipinski definition) is 7. The van der Waals surface area contributed by atoms with E-state index in [0.717, 1.165) is 54.9 Å². The molecule has 224 valence electrons. The molecule has 3 aromatic rings. The minimum absolute atomic E-state index is 0.00542. The molecule has 2 fully saturated rings. The van der Waals surface area contributed by atoms with Gasteiger partial charge in [0.05, 0.1) is 12.1 Å². The lowest BCUT2D eigenvalue weighted by Crippen LogP contribution is -2.54. The van der Waals surface area contributed by atoms with Gasteiger partial charge < -0.3 is 30.5 Å². The van der Waals surface area contributed by atoms with Crippen LogP contribution in [0.3, 0.4) is 0 Å². The normalized spacial score (nSPS) is 17.6. The highest BCUT2D eigenvalue weighted by atomic mass is 16.5. The summed E-state index contributed by atoms with van der Waals surface area (Å²) < 4.78 is 6.26. The molecular formula is C32H43N7O3. The van der Waals surface area contributed by atoms with Gasteiger partial charge in [-0.15, -0.1) is 0 Å². The number of hydrogen-bond donors (Lipinski definition) is 3. The molecule has 2 saturated heterocycles. The molecular weight excluding hydrogens is 530 g/mol. The summed E-state index contributed by atoms with van der Waals surface area (Å²) in [6, 6.07) is 16.1. The standard InChI is InChI=1S/C32H43N7O3/c1-32(2,31(41)37-17-13-34-14-18-37)42-29-7-3-6-28(19-29)38-15-4-5-26(23-38)30(40)39(16-12-33)22-24-8-10-25(11-9-24)27-20-35-36-21-27/h3,6-11,19-21,26,34H,4-5,12-18,22-23,33H2,1-2H3,(H,35,36). The minimum Gasteiger partial charge on any atom is -0.478 e. The van der Waals surface area contributed by atoms with Crippen LogP contribution in [0.4, 0.5) is 5.69 Å². The van der Waals surface area contributed by atoms with E-state index in [1.165, 1.54) is 0 Å². The molecule has 0 radical (unpaired) electrons. The number of piperidine rings is 1. The Bertz CT molecular complexity index is 1320. The second-order valence-electron chi connectivity index (χ2n) is 11.7. The maximum absolute atomic E-state index is 13.8. The van der Waals surface area contributed by atoms with E-state index in [1.54, 1.807) is 6.20 Å². The van der Waals surface area contributed by atoms with E-state index in [-0.39, 0.29) is 17.7 Å². The molecule has 2 aromatic carbocycles. The lowest BCUT2D eigenvalue weighted by atomic mass is 9.95. The maximum atomic E-state index is 13.8. The predicted molar refractivity (Wildman–Crippen MR) is 164 cm³/mol. The average molecular weight is 574 g/mol. The van der Waals surface area contributed by atoms with Crippen LogP contribution in [0.2, 0.25) is 0 Å². The summed E-state index contributed by atoms with van der Waals surface area (Å²) in [4.78, 5) is 32.9. The number of H-pyrrole nitrogens is 1. The monoisotopic (exact) mass is 573 g/mol. The van der Waals surface area contributed by atoms with Crippen LogP contribution in [0.15, 0.2) is 60.9 Å². The zero-order valence-electron chi connectivity index (χ0n) is 24.7. The van der Waals surface area contributed by atoms with Crippen molar-refractivity contribution in [2.75, 3.05) is 57.3 Å². The van der Waals surface area contributed by atoms with Crippen molar-refractivity contribution in [2.24, 2.45) is 11.7 Å². The van der Waals surface area contributed by atoms with Gasteiger partial charge in [0.25, 0.3) is 5.91 Å². The van der Waals surface area contributed by atoms with Gasteiger partial charge in [-0.3, -0.25) is 14.7 Å². The minimum atomic E-state index is -0.976. The number of aromatic amines is 1. The van der Waals surface area contributed by atoms with Gasteiger partial charge in [0.2, 0.25) is 5.91 Å². The van der Waals surface area contributed by atoms with Gasteiger partial charge in [-0.1, -0.05) is 30.3 Å². The molecule has 1 atom stereocenters. The van der Waals surface area contributed by atoms with Crippen LogP contribution in [0, 0.1) is 5.92 Å². The van der Waals surface area contributed by atoms with Crippen LogP contribution in [0.1, 0.15) is 32.3 Å². The number of carbonyl (C=O) groups is 2. The summed E-state index contributed by atoms with van der Waals surface area (Å²) >= 11 is 0. The van der Waals surface area contributed by atoms with Gasteiger partial charge >= 0.3 is 0 Å². The zero-order valence-corrected chi connectivity index (χ0v) is 24.7. The molecule has 0 saturated carbocycles. The molecule has 4 N–H and O–H groups in total. The van der Waals surface area contributed by atoms with Gasteiger partial charge in [0.15, 0.2) is 5.60 Å². The molecule has 0 aliphatic carbocycles. The number of rotatable bonds is 10. The average Bonchev–Trinajstić information content (AvgIpc) is 3.56. The van der Waals surface area contributed by atoms with Crippen LogP contribution >= 0.6 is 0 Å². The molecule has 5 rings (SSSR count). The van der Waals surface area contributed by atoms with E-state index >= 15 is 0 Å². The van der Waals surface area contributed by atoms with Crippen LogP contribution in [-0.2, 0) is 16.1 Å². The first-order valence-electron chi connectivity index (χ1n) is 14.9. The Morgan fingerprint density at radius 3 is 2.60 bits per heavy atom. The smallest absolute Gasteiger partial charge is 0.266 e. The van der Waals surface area contributed by atoms with E-state index in [0.29, 0.717) is 45.0 Å². The van der Waals surface area contributed by atoms with E-state index in [9.17, 15) is 9.59 Å². The number of amides is 2. The Balaban J connectivity index is 1.23. The number of carbonyl (C=O) groups excluding carboxylic acids is 2. The number of piperazine rings is 1. The summed E-state index contributed by atoms with van der Waals surface area (Å²) in [5, 5.41) is 10.1. The molecule has 2 aliphatic heterocycles. The zero-order chi connectivity index (χ0) is 29.5. The number of nitrogens with zero attached hydrogens (tertiary/aromatic N) is 4. The molecule has 2 aliphatic rings. The lowest BCUT2D eigenvalue weighted by Gasteiger charge is -2.37. The van der Waals surface area contributed by atoms with Gasteiger partial charge in [0.1, 0.15) is 5.75 Å². The van der Waals surface area contributed by atoms with Gasteiger partial charge in [0, 0.05) is 82.4 Å². The number of ether oxygens (including phenoxy) is 1. The predicted octanol–water partition coefficient (Wildman–Crippen LogP) is 2.87. The fraction of sp³-hybridized carbons (Fsp3) is 0.469. The molecule has 0 spiro atoms. The summed E-state index contributed by atoms with van der Waals surface area (Å²) in [5.74, 6) is 0.664. The Morgan fingerprint density at radius 2 is 1.88 bits per heavy atom. The largest absolute Gasteiger partial charge is 0.478 e. The number of nitrogens with two attached hydrogens (primary N) is 1.